The molecular formula is C22H32FN8+. The second-order valence-electron chi connectivity index (χ2n) is 8.66. The number of nitrogens with zero attached hydrogens (tertiary/aromatic N) is 6. The van der Waals surface area contributed by atoms with Gasteiger partial charge in [-0.05, 0) is 56.0 Å². The molecule has 1 aliphatic heterocycles. The predicted octanol–water partition coefficient (Wildman–Crippen LogP) is 1.75. The van der Waals surface area contributed by atoms with Crippen molar-refractivity contribution in [2.75, 3.05) is 18.0 Å². The highest BCUT2D eigenvalue weighted by atomic mass is 19.1. The predicted molar refractivity (Wildman–Crippen MR) is 119 cm³/mol. The second-order valence-corrected chi connectivity index (χ2v) is 8.66. The van der Waals surface area contributed by atoms with Crippen molar-refractivity contribution >= 4 is 11.5 Å². The fourth-order valence-electron chi connectivity index (χ4n) is 4.32. The molecule has 2 atom stereocenters. The molecule has 0 aliphatic carbocycles. The van der Waals surface area contributed by atoms with E-state index in [1.165, 1.54) is 6.07 Å². The van der Waals surface area contributed by atoms with Gasteiger partial charge in [-0.3, -0.25) is 16.2 Å². The van der Waals surface area contributed by atoms with Crippen LogP contribution in [0.4, 0.5) is 10.1 Å². The first-order valence-electron chi connectivity index (χ1n) is 10.6. The summed E-state index contributed by atoms with van der Waals surface area (Å²) in [5.41, 5.74) is 2.86. The van der Waals surface area contributed by atoms with E-state index in [0.29, 0.717) is 12.5 Å². The van der Waals surface area contributed by atoms with Gasteiger partial charge in [-0.2, -0.15) is 10.2 Å². The van der Waals surface area contributed by atoms with Crippen LogP contribution in [-0.2, 0) is 13.0 Å². The summed E-state index contributed by atoms with van der Waals surface area (Å²) in [6, 6.07) is 7.87. The molecule has 31 heavy (non-hydrogen) atoms. The Morgan fingerprint density at radius 2 is 2.00 bits per heavy atom. The number of hydrogen-bond donors (Lipinski definition) is 2. The number of rotatable bonds is 6. The van der Waals surface area contributed by atoms with Crippen LogP contribution >= 0.6 is 0 Å². The van der Waals surface area contributed by atoms with Gasteiger partial charge < -0.3 is 4.90 Å². The lowest BCUT2D eigenvalue weighted by molar-refractivity contribution is -0.114. The van der Waals surface area contributed by atoms with Crippen molar-refractivity contribution in [1.29, 1.82) is 0 Å². The summed E-state index contributed by atoms with van der Waals surface area (Å²) in [7, 11) is 0. The van der Waals surface area contributed by atoms with Gasteiger partial charge in [0, 0.05) is 43.1 Å². The van der Waals surface area contributed by atoms with E-state index in [1.54, 1.807) is 6.20 Å². The van der Waals surface area contributed by atoms with Crippen LogP contribution < -0.4 is 16.2 Å². The minimum atomic E-state index is -0.402. The molecule has 3 rings (SSSR count). The van der Waals surface area contributed by atoms with Gasteiger partial charge in [0.25, 0.3) is 0 Å². The third-order valence-corrected chi connectivity index (χ3v) is 5.61. The quantitative estimate of drug-likeness (QED) is 0.240. The van der Waals surface area contributed by atoms with Crippen molar-refractivity contribution in [1.82, 2.24) is 15.1 Å². The Bertz CT molecular complexity index is 919. The molecule has 1 aliphatic rings. The molecule has 1 fully saturated rings. The maximum absolute atomic E-state index is 15.2. The summed E-state index contributed by atoms with van der Waals surface area (Å²) in [6.07, 6.45) is 2.45. The van der Waals surface area contributed by atoms with Crippen molar-refractivity contribution in [2.45, 2.75) is 52.7 Å². The molecule has 166 valence electrons. The fourth-order valence-corrected chi connectivity index (χ4v) is 4.32. The molecule has 0 amide bonds. The maximum atomic E-state index is 15.2. The molecule has 2 heterocycles. The zero-order valence-corrected chi connectivity index (χ0v) is 18.7. The number of halogens is 1. The molecule has 8 nitrogen and oxygen atoms in total. The lowest BCUT2D eigenvalue weighted by Crippen LogP contribution is -2.57. The molecule has 9 heteroatoms. The van der Waals surface area contributed by atoms with E-state index in [9.17, 15) is 0 Å². The third kappa shape index (κ3) is 5.41. The number of anilines is 1. The summed E-state index contributed by atoms with van der Waals surface area (Å²) in [4.78, 5) is 4.57. The summed E-state index contributed by atoms with van der Waals surface area (Å²) in [5, 5.41) is 21.2. The highest BCUT2D eigenvalue weighted by Gasteiger charge is 2.33. The number of nitrogens with two attached hydrogens (primary N) is 2. The number of aromatic nitrogens is 2. The van der Waals surface area contributed by atoms with Gasteiger partial charge in [0.05, 0.1) is 16.5 Å². The average molecular weight is 428 g/mol. The lowest BCUT2D eigenvalue weighted by atomic mass is 9.97. The van der Waals surface area contributed by atoms with E-state index < -0.39 is 5.82 Å². The Hall–Kier alpha value is -2.94. The van der Waals surface area contributed by atoms with Crippen molar-refractivity contribution in [2.24, 2.45) is 22.1 Å². The maximum Gasteiger partial charge on any atom is 0.356 e. The van der Waals surface area contributed by atoms with Crippen LogP contribution in [0.5, 0.6) is 0 Å². The van der Waals surface area contributed by atoms with Crippen LogP contribution in [-0.4, -0.2) is 46.1 Å². The molecule has 0 radical (unpaired) electrons. The molecular weight excluding hydrogens is 395 g/mol. The number of benzene rings is 1. The Labute approximate surface area is 182 Å². The summed E-state index contributed by atoms with van der Waals surface area (Å²) < 4.78 is 15.2. The second kappa shape index (κ2) is 9.91. The van der Waals surface area contributed by atoms with Crippen LogP contribution in [0.2, 0.25) is 0 Å². The molecule has 4 N–H and O–H groups in total. The SMILES string of the molecule is CC(C)Cc1cc(F)c(C(=[NH2+])N=NN)c(N2C[C@@H](C)N(Cc3cccnn3)[C@@H](C)C2)c1. The zero-order valence-electron chi connectivity index (χ0n) is 18.7. The lowest BCUT2D eigenvalue weighted by Gasteiger charge is -2.45. The first-order valence-corrected chi connectivity index (χ1v) is 10.6. The first-order chi connectivity index (χ1) is 14.8. The van der Waals surface area contributed by atoms with Gasteiger partial charge in [0.15, 0.2) is 0 Å². The van der Waals surface area contributed by atoms with E-state index in [-0.39, 0.29) is 23.5 Å². The van der Waals surface area contributed by atoms with Crippen LogP contribution in [0.3, 0.4) is 0 Å². The van der Waals surface area contributed by atoms with Crippen LogP contribution in [0, 0.1) is 11.7 Å². The van der Waals surface area contributed by atoms with Gasteiger partial charge in [-0.15, -0.1) is 0 Å². The van der Waals surface area contributed by atoms with E-state index in [4.69, 9.17) is 11.3 Å². The molecule has 2 aromatic rings. The van der Waals surface area contributed by atoms with Gasteiger partial charge in [0.1, 0.15) is 11.4 Å². The highest BCUT2D eigenvalue weighted by Crippen LogP contribution is 2.31. The largest absolute Gasteiger partial charge is 0.368 e. The third-order valence-electron chi connectivity index (χ3n) is 5.61. The first kappa shape index (κ1) is 22.7. The Morgan fingerprint density at radius 1 is 1.29 bits per heavy atom. The van der Waals surface area contributed by atoms with E-state index in [2.05, 4.69) is 58.0 Å². The van der Waals surface area contributed by atoms with Crippen LogP contribution in [0.1, 0.15) is 44.5 Å². The Balaban J connectivity index is 1.92. The molecule has 1 aromatic carbocycles. The Morgan fingerprint density at radius 3 is 2.58 bits per heavy atom. The fraction of sp³-hybridized carbons (Fsp3) is 0.500. The van der Waals surface area contributed by atoms with Crippen molar-refractivity contribution < 1.29 is 9.80 Å². The standard InChI is InChI=1S/C22H31FN8/c1-14(2)8-17-9-19(23)21(22(24)28-29-25)20(10-17)30-11-15(3)31(16(4)12-30)13-18-6-5-7-26-27-18/h5-7,9-10,14-16H,8,11-13H2,1-4H3,(H3,24,25,28)/p+1/t15-,16+. The smallest absolute Gasteiger partial charge is 0.356 e. The van der Waals surface area contributed by atoms with Crippen molar-refractivity contribution in [3.63, 3.8) is 0 Å². The molecule has 1 saturated heterocycles. The molecule has 0 unspecified atom stereocenters. The highest BCUT2D eigenvalue weighted by molar-refractivity contribution is 6.00. The van der Waals surface area contributed by atoms with Gasteiger partial charge >= 0.3 is 5.84 Å². The normalized spacial score (nSPS) is 20.0. The summed E-state index contributed by atoms with van der Waals surface area (Å²) in [5.74, 6) is 5.17. The van der Waals surface area contributed by atoms with E-state index >= 15 is 4.39 Å². The molecule has 0 bridgehead atoms. The summed E-state index contributed by atoms with van der Waals surface area (Å²) in [6.45, 7) is 10.7. The van der Waals surface area contributed by atoms with E-state index in [1.807, 2.05) is 18.2 Å². The number of hydrogen-bond acceptors (Lipinski definition) is 5. The van der Waals surface area contributed by atoms with Gasteiger partial charge in [-0.25, -0.2) is 4.39 Å². The minimum absolute atomic E-state index is 0.0200. The van der Waals surface area contributed by atoms with E-state index in [0.717, 1.165) is 36.5 Å². The van der Waals surface area contributed by atoms with Crippen molar-refractivity contribution in [3.05, 3.63) is 53.1 Å². The topological polar surface area (TPSA) is 109 Å². The van der Waals surface area contributed by atoms with Gasteiger partial charge in [0.2, 0.25) is 0 Å². The number of piperazine rings is 1. The average Bonchev–Trinajstić information content (AvgIpc) is 2.70. The van der Waals surface area contributed by atoms with Crippen LogP contribution in [0.15, 0.2) is 40.8 Å². The molecule has 0 spiro atoms. The van der Waals surface area contributed by atoms with Gasteiger partial charge in [-0.1, -0.05) is 13.8 Å². The number of amidine groups is 1. The zero-order chi connectivity index (χ0) is 22.5. The molecule has 0 saturated carbocycles. The van der Waals surface area contributed by atoms with Crippen molar-refractivity contribution in [3.8, 4) is 0 Å². The Kier molecular flexibility index (Phi) is 7.27. The minimum Gasteiger partial charge on any atom is -0.368 e. The molecule has 1 aromatic heterocycles. The summed E-state index contributed by atoms with van der Waals surface area (Å²) >= 11 is 0. The monoisotopic (exact) mass is 427 g/mol. The van der Waals surface area contributed by atoms with Crippen LogP contribution in [0.25, 0.3) is 0 Å².